The lowest BCUT2D eigenvalue weighted by Crippen LogP contribution is -2.39. The third kappa shape index (κ3) is 9.36. The number of ether oxygens (including phenoxy) is 2. The predicted octanol–water partition coefficient (Wildman–Crippen LogP) is 17.1. The van der Waals surface area contributed by atoms with Gasteiger partial charge in [-0.15, -0.1) is 0 Å². The predicted molar refractivity (Wildman–Crippen MR) is 324 cm³/mol. The number of hydrogen-bond donors (Lipinski definition) is 0. The summed E-state index contributed by atoms with van der Waals surface area (Å²) in [6, 6.07) is 91.8. The lowest BCUT2D eigenvalue weighted by atomic mass is 9.62. The van der Waals surface area contributed by atoms with Gasteiger partial charge in [0, 0.05) is 49.7 Å². The molecule has 11 rings (SSSR count). The van der Waals surface area contributed by atoms with Crippen LogP contribution in [-0.4, -0.2) is 37.1 Å². The summed E-state index contributed by atoms with van der Waals surface area (Å²) in [5.74, 6) is 1.72. The van der Waals surface area contributed by atoms with Gasteiger partial charge >= 0.3 is 0 Å². The molecule has 0 spiro atoms. The van der Waals surface area contributed by atoms with E-state index in [1.165, 1.54) is 101 Å². The SMILES string of the molecule is CC1=C(c2ccccc2)N(C)C(c2ccccc2)=C(C)C1(c1ccccc1)c1ccc(OCCc2ccc(CCOc3ccc(C4(c5ccccc5)C(C)=C(c5ccccc5)N(C)C(c5ccccc5)=C4C)cc3)cc2)cc1. The maximum absolute atomic E-state index is 6.47. The molecule has 4 heteroatoms. The summed E-state index contributed by atoms with van der Waals surface area (Å²) < 4.78 is 12.9. The zero-order chi connectivity index (χ0) is 53.6. The molecule has 4 nitrogen and oxygen atoms in total. The highest BCUT2D eigenvalue weighted by Crippen LogP contribution is 2.56. The van der Waals surface area contributed by atoms with Crippen molar-refractivity contribution in [3.8, 4) is 11.5 Å². The molecule has 0 radical (unpaired) electrons. The number of rotatable bonds is 16. The molecule has 0 fully saturated rings. The van der Waals surface area contributed by atoms with Crippen LogP contribution >= 0.6 is 0 Å². The zero-order valence-corrected chi connectivity index (χ0v) is 45.8. The summed E-state index contributed by atoms with van der Waals surface area (Å²) in [5, 5.41) is 0. The highest BCUT2D eigenvalue weighted by molar-refractivity contribution is 5.90. The normalized spacial score (nSPS) is 15.2. The molecule has 0 saturated carbocycles. The van der Waals surface area contributed by atoms with Crippen molar-refractivity contribution in [2.45, 2.75) is 51.4 Å². The Morgan fingerprint density at radius 2 is 0.513 bits per heavy atom. The van der Waals surface area contributed by atoms with Gasteiger partial charge in [0.05, 0.1) is 24.0 Å². The third-order valence-electron chi connectivity index (χ3n) is 16.5. The quantitative estimate of drug-likeness (QED) is 0.0963. The summed E-state index contributed by atoms with van der Waals surface area (Å²) in [6.07, 6.45) is 1.61. The average molecular weight is 1020 g/mol. The average Bonchev–Trinajstić information content (AvgIpc) is 3.12. The van der Waals surface area contributed by atoms with E-state index in [1.54, 1.807) is 0 Å². The molecule has 386 valence electrons. The van der Waals surface area contributed by atoms with Crippen molar-refractivity contribution >= 4 is 22.8 Å². The van der Waals surface area contributed by atoms with Crippen LogP contribution in [0.5, 0.6) is 11.5 Å². The van der Waals surface area contributed by atoms with E-state index < -0.39 is 10.8 Å². The summed E-state index contributed by atoms with van der Waals surface area (Å²) >= 11 is 0. The lowest BCUT2D eigenvalue weighted by molar-refractivity contribution is 0.320. The Labute approximate surface area is 462 Å². The van der Waals surface area contributed by atoms with E-state index in [2.05, 4.69) is 306 Å². The first-order valence-electron chi connectivity index (χ1n) is 27.4. The van der Waals surface area contributed by atoms with E-state index in [0.29, 0.717) is 13.2 Å². The molecule has 0 unspecified atom stereocenters. The Hall–Kier alpha value is -8.86. The molecule has 0 bridgehead atoms. The van der Waals surface area contributed by atoms with Crippen molar-refractivity contribution in [3.05, 3.63) is 333 Å². The smallest absolute Gasteiger partial charge is 0.119 e. The Morgan fingerprint density at radius 3 is 0.769 bits per heavy atom. The van der Waals surface area contributed by atoms with Crippen LogP contribution in [0.4, 0.5) is 0 Å². The van der Waals surface area contributed by atoms with Gasteiger partial charge in [-0.2, -0.15) is 0 Å². The molecular formula is C74H68N2O2. The molecule has 0 aromatic heterocycles. The molecule has 2 heterocycles. The maximum atomic E-state index is 6.47. The largest absolute Gasteiger partial charge is 0.493 e. The van der Waals surface area contributed by atoms with E-state index >= 15 is 0 Å². The maximum Gasteiger partial charge on any atom is 0.119 e. The second-order valence-corrected chi connectivity index (χ2v) is 20.8. The second-order valence-electron chi connectivity index (χ2n) is 20.8. The van der Waals surface area contributed by atoms with Gasteiger partial charge in [-0.25, -0.2) is 0 Å². The first-order chi connectivity index (χ1) is 38.2. The lowest BCUT2D eigenvalue weighted by Gasteiger charge is -2.47. The second kappa shape index (κ2) is 22.4. The molecule has 0 saturated heterocycles. The molecule has 0 atom stereocenters. The summed E-state index contributed by atoms with van der Waals surface area (Å²) in [4.78, 5) is 4.79. The van der Waals surface area contributed by atoms with E-state index in [9.17, 15) is 0 Å². The molecule has 2 aliphatic rings. The number of benzene rings is 9. The third-order valence-corrected chi connectivity index (χ3v) is 16.5. The zero-order valence-electron chi connectivity index (χ0n) is 45.8. The Bertz CT molecular complexity index is 3250. The summed E-state index contributed by atoms with van der Waals surface area (Å²) in [5.41, 5.74) is 21.1. The number of allylic oxidation sites excluding steroid dienone is 4. The Kier molecular flexibility index (Phi) is 14.7. The monoisotopic (exact) mass is 1020 g/mol. The van der Waals surface area contributed by atoms with Crippen LogP contribution in [0.1, 0.15) is 83.3 Å². The van der Waals surface area contributed by atoms with Crippen molar-refractivity contribution in [1.29, 1.82) is 0 Å². The minimum absolute atomic E-state index is 0.520. The summed E-state index contributed by atoms with van der Waals surface area (Å²) in [6.45, 7) is 10.4. The molecule has 0 aliphatic carbocycles. The highest BCUT2D eigenvalue weighted by Gasteiger charge is 2.47. The first-order valence-corrected chi connectivity index (χ1v) is 27.4. The van der Waals surface area contributed by atoms with Crippen LogP contribution in [0.3, 0.4) is 0 Å². The van der Waals surface area contributed by atoms with Crippen molar-refractivity contribution in [2.75, 3.05) is 27.3 Å². The summed E-state index contributed by atoms with van der Waals surface area (Å²) in [7, 11) is 4.42. The van der Waals surface area contributed by atoms with Crippen molar-refractivity contribution in [2.24, 2.45) is 0 Å². The first kappa shape index (κ1) is 51.3. The fourth-order valence-electron chi connectivity index (χ4n) is 13.0. The minimum atomic E-state index is -0.520. The highest BCUT2D eigenvalue weighted by atomic mass is 16.5. The fourth-order valence-corrected chi connectivity index (χ4v) is 13.0. The van der Waals surface area contributed by atoms with Crippen LogP contribution in [-0.2, 0) is 23.7 Å². The minimum Gasteiger partial charge on any atom is -0.493 e. The van der Waals surface area contributed by atoms with Gasteiger partial charge in [0.25, 0.3) is 0 Å². The number of nitrogens with zero attached hydrogens (tertiary/aromatic N) is 2. The van der Waals surface area contributed by atoms with Crippen LogP contribution < -0.4 is 9.47 Å². The molecule has 78 heavy (non-hydrogen) atoms. The van der Waals surface area contributed by atoms with Gasteiger partial charge in [-0.05, 0) is 130 Å². The molecule has 2 aliphatic heterocycles. The fraction of sp³-hybridized carbons (Fsp3) is 0.162. The van der Waals surface area contributed by atoms with Crippen LogP contribution in [0.2, 0.25) is 0 Å². The van der Waals surface area contributed by atoms with Gasteiger partial charge in [-0.3, -0.25) is 0 Å². The van der Waals surface area contributed by atoms with Gasteiger partial charge in [-0.1, -0.05) is 231 Å². The van der Waals surface area contributed by atoms with Gasteiger partial charge in [0.2, 0.25) is 0 Å². The molecule has 9 aromatic rings. The van der Waals surface area contributed by atoms with E-state index in [4.69, 9.17) is 9.47 Å². The molecule has 0 N–H and O–H groups in total. The molecule has 0 amide bonds. The van der Waals surface area contributed by atoms with Crippen molar-refractivity contribution < 1.29 is 9.47 Å². The topological polar surface area (TPSA) is 24.9 Å². The van der Waals surface area contributed by atoms with E-state index in [1.807, 2.05) is 0 Å². The van der Waals surface area contributed by atoms with E-state index in [-0.39, 0.29) is 0 Å². The van der Waals surface area contributed by atoms with Gasteiger partial charge in [0.1, 0.15) is 11.5 Å². The standard InChI is InChI=1S/C74H68N2O2/c1-53-69(59-25-13-7-14-26-59)75(5)70(60-27-15-8-16-28-60)54(2)73(53,63-33-21-11-22-34-63)65-41-45-67(46-42-65)77-51-49-57-37-39-58(40-38-57)50-52-78-68-47-43-66(44-48-68)74(64-35-23-12-24-36-64)55(3)71(61-29-17-9-18-30-61)76(6)72(56(74)4)62-31-19-10-20-32-62/h7-48H,49-52H2,1-6H3. The van der Waals surface area contributed by atoms with Crippen LogP contribution in [0.15, 0.2) is 277 Å². The molecule has 9 aromatic carbocycles. The number of hydrogen-bond acceptors (Lipinski definition) is 4. The van der Waals surface area contributed by atoms with Crippen molar-refractivity contribution in [1.82, 2.24) is 9.80 Å². The van der Waals surface area contributed by atoms with Gasteiger partial charge < -0.3 is 19.3 Å². The van der Waals surface area contributed by atoms with E-state index in [0.717, 1.165) is 24.3 Å². The Balaban J connectivity index is 0.780. The Morgan fingerprint density at radius 1 is 0.282 bits per heavy atom. The molecular weight excluding hydrogens is 949 g/mol. The van der Waals surface area contributed by atoms with Crippen LogP contribution in [0, 0.1) is 0 Å². The van der Waals surface area contributed by atoms with Crippen molar-refractivity contribution in [3.63, 3.8) is 0 Å². The van der Waals surface area contributed by atoms with Crippen LogP contribution in [0.25, 0.3) is 22.8 Å². The van der Waals surface area contributed by atoms with Gasteiger partial charge in [0.15, 0.2) is 0 Å².